The van der Waals surface area contributed by atoms with Gasteiger partial charge in [0.2, 0.25) is 0 Å². The molecule has 1 aromatic carbocycles. The lowest BCUT2D eigenvalue weighted by Crippen LogP contribution is -1.79. The maximum atomic E-state index is 8.81. The van der Waals surface area contributed by atoms with Gasteiger partial charge in [-0.2, -0.15) is 0 Å². The highest BCUT2D eigenvalue weighted by atomic mass is 16.6. The molecule has 1 N–H and O–H groups in total. The minimum Gasteiger partial charge on any atom is -0.397 e. The monoisotopic (exact) mass is 215 g/mol. The highest BCUT2D eigenvalue weighted by Crippen LogP contribution is 1.79. The van der Waals surface area contributed by atoms with E-state index in [0.29, 0.717) is 0 Å². The summed E-state index contributed by atoms with van der Waals surface area (Å²) in [5.41, 5.74) is 0. The number of hydrogen-bond acceptors (Lipinski definition) is 3. The molecule has 0 bridgehead atoms. The highest BCUT2D eigenvalue weighted by Gasteiger charge is 1.58. The molecular weight excluding hydrogens is 194 g/mol. The fourth-order valence-electron chi connectivity index (χ4n) is 0.385. The van der Waals surface area contributed by atoms with Crippen LogP contribution in [0.2, 0.25) is 0 Å². The van der Waals surface area contributed by atoms with Crippen molar-refractivity contribution in [3.05, 3.63) is 46.5 Å². The standard InChI is InChI=1S/C6H6.C2H6O.C2H6.CH3NO2/c1-2-4-6-5-3-1;1-2-3;1-2;1-2(3)4/h1-6H;3H,2H2,1H3;1-2H3;1H3. The van der Waals surface area contributed by atoms with Gasteiger partial charge in [-0.05, 0) is 6.92 Å². The molecule has 0 amide bonds. The van der Waals surface area contributed by atoms with Crippen LogP contribution in [0.1, 0.15) is 20.8 Å². The number of aliphatic hydroxyl groups excluding tert-OH is 1. The molecule has 0 aliphatic heterocycles. The van der Waals surface area contributed by atoms with Gasteiger partial charge < -0.3 is 5.11 Å². The van der Waals surface area contributed by atoms with Crippen molar-refractivity contribution < 1.29 is 10.0 Å². The Hall–Kier alpha value is -1.42. The van der Waals surface area contributed by atoms with Crippen LogP contribution in [0.4, 0.5) is 0 Å². The third kappa shape index (κ3) is 67.1. The lowest BCUT2D eigenvalue weighted by molar-refractivity contribution is -0.445. The second kappa shape index (κ2) is 22.9. The Morgan fingerprint density at radius 1 is 1.07 bits per heavy atom. The highest BCUT2D eigenvalue weighted by molar-refractivity contribution is 4.99. The fraction of sp³-hybridized carbons (Fsp3) is 0.455. The van der Waals surface area contributed by atoms with Crippen LogP contribution in [-0.2, 0) is 0 Å². The van der Waals surface area contributed by atoms with E-state index in [0.717, 1.165) is 7.05 Å². The molecule has 0 atom stereocenters. The summed E-state index contributed by atoms with van der Waals surface area (Å²) in [4.78, 5) is 8.31. The maximum Gasteiger partial charge on any atom is 0.194 e. The van der Waals surface area contributed by atoms with Gasteiger partial charge >= 0.3 is 0 Å². The molecule has 15 heavy (non-hydrogen) atoms. The molecule has 1 aromatic rings. The summed E-state index contributed by atoms with van der Waals surface area (Å²) in [5.74, 6) is 0. The van der Waals surface area contributed by atoms with Crippen molar-refractivity contribution in [3.63, 3.8) is 0 Å². The van der Waals surface area contributed by atoms with Crippen molar-refractivity contribution in [2.45, 2.75) is 20.8 Å². The number of nitrogens with zero attached hydrogens (tertiary/aromatic N) is 1. The molecule has 0 aliphatic carbocycles. The Labute approximate surface area is 91.7 Å². The van der Waals surface area contributed by atoms with Crippen molar-refractivity contribution in [1.82, 2.24) is 0 Å². The third-order valence-corrected chi connectivity index (χ3v) is 0.667. The Morgan fingerprint density at radius 3 is 1.20 bits per heavy atom. The summed E-state index contributed by atoms with van der Waals surface area (Å²) in [6.45, 7) is 5.93. The van der Waals surface area contributed by atoms with E-state index in [1.807, 2.05) is 50.2 Å². The average Bonchev–Trinajstić information content (AvgIpc) is 2.24. The van der Waals surface area contributed by atoms with Crippen LogP contribution in [0.3, 0.4) is 0 Å². The van der Waals surface area contributed by atoms with Crippen LogP contribution in [-0.4, -0.2) is 23.7 Å². The van der Waals surface area contributed by atoms with Gasteiger partial charge in [0.15, 0.2) is 7.05 Å². The Kier molecular flexibility index (Phi) is 29.3. The van der Waals surface area contributed by atoms with Crippen LogP contribution in [0.15, 0.2) is 36.4 Å². The fourth-order valence-corrected chi connectivity index (χ4v) is 0.385. The van der Waals surface area contributed by atoms with Crippen molar-refractivity contribution >= 4 is 0 Å². The molecule has 0 saturated heterocycles. The zero-order valence-corrected chi connectivity index (χ0v) is 9.88. The van der Waals surface area contributed by atoms with Crippen LogP contribution in [0.5, 0.6) is 0 Å². The van der Waals surface area contributed by atoms with E-state index in [2.05, 4.69) is 0 Å². The molecule has 0 unspecified atom stereocenters. The van der Waals surface area contributed by atoms with Gasteiger partial charge in [-0.25, -0.2) is 0 Å². The molecule has 0 aromatic heterocycles. The number of aliphatic hydroxyl groups is 1. The first-order valence-corrected chi connectivity index (χ1v) is 4.84. The predicted octanol–water partition coefficient (Wildman–Crippen LogP) is 2.60. The van der Waals surface area contributed by atoms with Crippen molar-refractivity contribution in [1.29, 1.82) is 0 Å². The zero-order chi connectivity index (χ0) is 12.5. The van der Waals surface area contributed by atoms with Gasteiger partial charge in [0.25, 0.3) is 0 Å². The third-order valence-electron chi connectivity index (χ3n) is 0.667. The van der Waals surface area contributed by atoms with Crippen LogP contribution in [0, 0.1) is 10.1 Å². The van der Waals surface area contributed by atoms with Crippen molar-refractivity contribution in [3.8, 4) is 0 Å². The minimum absolute atomic E-state index is 0.250. The van der Waals surface area contributed by atoms with Crippen LogP contribution in [0.25, 0.3) is 0 Å². The maximum absolute atomic E-state index is 8.81. The predicted molar refractivity (Wildman–Crippen MR) is 63.5 cm³/mol. The van der Waals surface area contributed by atoms with E-state index in [9.17, 15) is 0 Å². The largest absolute Gasteiger partial charge is 0.397 e. The molecular formula is C11H21NO3. The molecule has 0 aliphatic rings. The van der Waals surface area contributed by atoms with E-state index in [1.54, 1.807) is 6.92 Å². The topological polar surface area (TPSA) is 63.4 Å². The first kappa shape index (κ1) is 19.2. The van der Waals surface area contributed by atoms with Gasteiger partial charge in [-0.1, -0.05) is 50.2 Å². The lowest BCUT2D eigenvalue weighted by Gasteiger charge is -1.69. The van der Waals surface area contributed by atoms with E-state index in [4.69, 9.17) is 15.2 Å². The van der Waals surface area contributed by atoms with E-state index in [1.165, 1.54) is 0 Å². The quantitative estimate of drug-likeness (QED) is 0.534. The molecule has 0 saturated carbocycles. The summed E-state index contributed by atoms with van der Waals surface area (Å²) in [5, 5.41) is 16.4. The summed E-state index contributed by atoms with van der Waals surface area (Å²) < 4.78 is 0. The Morgan fingerprint density at radius 2 is 1.13 bits per heavy atom. The zero-order valence-electron chi connectivity index (χ0n) is 9.88. The van der Waals surface area contributed by atoms with Crippen molar-refractivity contribution in [2.24, 2.45) is 0 Å². The minimum atomic E-state index is -0.500. The summed E-state index contributed by atoms with van der Waals surface area (Å²) in [7, 11) is 0.889. The molecule has 4 nitrogen and oxygen atoms in total. The SMILES string of the molecule is CC.CCO.C[N+](=O)[O-].c1ccccc1. The second-order valence-electron chi connectivity index (χ2n) is 1.91. The number of rotatable bonds is 0. The summed E-state index contributed by atoms with van der Waals surface area (Å²) in [6.07, 6.45) is 0. The van der Waals surface area contributed by atoms with Gasteiger partial charge in [0.05, 0.1) is 0 Å². The molecule has 0 heterocycles. The number of benzene rings is 1. The molecule has 0 spiro atoms. The Balaban J connectivity index is -0.000000142. The van der Waals surface area contributed by atoms with Crippen molar-refractivity contribution in [2.75, 3.05) is 13.7 Å². The van der Waals surface area contributed by atoms with Crippen LogP contribution >= 0.6 is 0 Å². The lowest BCUT2D eigenvalue weighted by atomic mass is 10.4. The van der Waals surface area contributed by atoms with E-state index < -0.39 is 4.92 Å². The molecule has 0 fully saturated rings. The van der Waals surface area contributed by atoms with E-state index >= 15 is 0 Å². The molecule has 4 heteroatoms. The first-order valence-electron chi connectivity index (χ1n) is 4.84. The molecule has 88 valence electrons. The normalized spacial score (nSPS) is 6.47. The average molecular weight is 215 g/mol. The van der Waals surface area contributed by atoms with E-state index in [-0.39, 0.29) is 6.61 Å². The smallest absolute Gasteiger partial charge is 0.194 e. The van der Waals surface area contributed by atoms with Gasteiger partial charge in [0, 0.05) is 11.5 Å². The summed E-state index contributed by atoms with van der Waals surface area (Å²) in [6, 6.07) is 12.0. The molecule has 1 rings (SSSR count). The second-order valence-corrected chi connectivity index (χ2v) is 1.91. The number of nitro groups is 1. The van der Waals surface area contributed by atoms with Gasteiger partial charge in [-0.3, -0.25) is 10.1 Å². The number of hydrogen-bond donors (Lipinski definition) is 1. The van der Waals surface area contributed by atoms with Crippen LogP contribution < -0.4 is 0 Å². The van der Waals surface area contributed by atoms with Gasteiger partial charge in [0.1, 0.15) is 0 Å². The molecule has 0 radical (unpaired) electrons. The first-order chi connectivity index (χ1) is 7.15. The Bertz CT molecular complexity index is 160. The summed E-state index contributed by atoms with van der Waals surface area (Å²) >= 11 is 0. The van der Waals surface area contributed by atoms with Gasteiger partial charge in [-0.15, -0.1) is 0 Å².